The smallest absolute Gasteiger partial charge is 0.115 e. The fraction of sp³-hybridized carbons (Fsp3) is 0.455. The molecule has 70 valence electrons. The zero-order chi connectivity index (χ0) is 9.68. The highest BCUT2D eigenvalue weighted by molar-refractivity contribution is 5.66. The van der Waals surface area contributed by atoms with Crippen molar-refractivity contribution in [2.24, 2.45) is 0 Å². The number of hydrogen-bond donors (Lipinski definition) is 0. The Morgan fingerprint density at radius 1 is 1.23 bits per heavy atom. The van der Waals surface area contributed by atoms with Gasteiger partial charge in [-0.25, -0.2) is 9.97 Å². The largest absolute Gasteiger partial charge is 0.244 e. The summed E-state index contributed by atoms with van der Waals surface area (Å²) in [5.74, 6) is 0. The normalized spacial score (nSPS) is 9.77. The number of rotatable bonds is 3. The zero-order valence-electron chi connectivity index (χ0n) is 8.54. The summed E-state index contributed by atoms with van der Waals surface area (Å²) in [5.41, 5.74) is 3.89. The third-order valence-electron chi connectivity index (χ3n) is 2.01. The van der Waals surface area contributed by atoms with Gasteiger partial charge in [-0.15, -0.1) is 0 Å². The van der Waals surface area contributed by atoms with E-state index in [4.69, 9.17) is 0 Å². The van der Waals surface area contributed by atoms with Gasteiger partial charge < -0.3 is 0 Å². The Morgan fingerprint density at radius 2 is 1.85 bits per heavy atom. The molecule has 0 atom stereocenters. The molecular formula is C11H16N2. The van der Waals surface area contributed by atoms with E-state index in [1.54, 1.807) is 6.33 Å². The van der Waals surface area contributed by atoms with Crippen LogP contribution in [0.1, 0.15) is 39.2 Å². The third kappa shape index (κ3) is 2.65. The van der Waals surface area contributed by atoms with E-state index in [9.17, 15) is 0 Å². The molecule has 0 aliphatic carbocycles. The lowest BCUT2D eigenvalue weighted by atomic mass is 10.00. The van der Waals surface area contributed by atoms with Crippen LogP contribution in [-0.4, -0.2) is 9.97 Å². The first-order valence-corrected chi connectivity index (χ1v) is 4.67. The van der Waals surface area contributed by atoms with E-state index in [1.807, 2.05) is 12.4 Å². The van der Waals surface area contributed by atoms with Crippen LogP contribution >= 0.6 is 0 Å². The molecule has 0 unspecified atom stereocenters. The van der Waals surface area contributed by atoms with Crippen LogP contribution in [-0.2, 0) is 0 Å². The molecular weight excluding hydrogens is 160 g/mol. The van der Waals surface area contributed by atoms with Crippen molar-refractivity contribution in [3.05, 3.63) is 29.9 Å². The summed E-state index contributed by atoms with van der Waals surface area (Å²) in [4.78, 5) is 8.05. The summed E-state index contributed by atoms with van der Waals surface area (Å²) in [7, 11) is 0. The molecule has 0 fully saturated rings. The van der Waals surface area contributed by atoms with Gasteiger partial charge in [-0.3, -0.25) is 0 Å². The standard InChI is InChI=1S/C11H16N2/c1-4-5-11(9(2)3)10-6-12-8-13-7-10/h6-8H,4-5H2,1-3H3. The first-order chi connectivity index (χ1) is 6.25. The monoisotopic (exact) mass is 176 g/mol. The summed E-state index contributed by atoms with van der Waals surface area (Å²) in [6.45, 7) is 6.46. The minimum atomic E-state index is 1.11. The Hall–Kier alpha value is -1.18. The number of aromatic nitrogens is 2. The van der Waals surface area contributed by atoms with Crippen molar-refractivity contribution in [1.29, 1.82) is 0 Å². The van der Waals surface area contributed by atoms with Gasteiger partial charge in [-0.1, -0.05) is 18.9 Å². The SMILES string of the molecule is CCCC(=C(C)C)c1cncnc1. The van der Waals surface area contributed by atoms with Crippen LogP contribution in [0.15, 0.2) is 24.3 Å². The van der Waals surface area contributed by atoms with Crippen LogP contribution in [0.4, 0.5) is 0 Å². The Bertz CT molecular complexity index is 284. The van der Waals surface area contributed by atoms with Crippen molar-refractivity contribution >= 4 is 5.57 Å². The maximum atomic E-state index is 4.02. The van der Waals surface area contributed by atoms with Crippen LogP contribution in [0, 0.1) is 0 Å². The molecule has 0 aromatic carbocycles. The molecule has 0 amide bonds. The average molecular weight is 176 g/mol. The number of allylic oxidation sites excluding steroid dienone is 2. The summed E-state index contributed by atoms with van der Waals surface area (Å²) < 4.78 is 0. The Balaban J connectivity index is 2.97. The van der Waals surface area contributed by atoms with Crippen LogP contribution in [0.25, 0.3) is 5.57 Å². The Labute approximate surface area is 79.7 Å². The molecule has 2 nitrogen and oxygen atoms in total. The molecule has 0 spiro atoms. The van der Waals surface area contributed by atoms with Gasteiger partial charge in [0.1, 0.15) is 6.33 Å². The van der Waals surface area contributed by atoms with Crippen LogP contribution in [0.3, 0.4) is 0 Å². The summed E-state index contributed by atoms with van der Waals surface area (Å²) >= 11 is 0. The number of hydrogen-bond acceptors (Lipinski definition) is 2. The van der Waals surface area contributed by atoms with Crippen molar-refractivity contribution in [2.45, 2.75) is 33.6 Å². The summed E-state index contributed by atoms with van der Waals surface area (Å²) in [6, 6.07) is 0. The molecule has 0 aliphatic rings. The second-order valence-electron chi connectivity index (χ2n) is 3.36. The zero-order valence-corrected chi connectivity index (χ0v) is 8.54. The molecule has 0 N–H and O–H groups in total. The molecule has 0 bridgehead atoms. The fourth-order valence-electron chi connectivity index (χ4n) is 1.39. The van der Waals surface area contributed by atoms with E-state index in [0.717, 1.165) is 18.4 Å². The Kier molecular flexibility index (Phi) is 3.62. The first kappa shape index (κ1) is 9.90. The van der Waals surface area contributed by atoms with Crippen molar-refractivity contribution in [1.82, 2.24) is 9.97 Å². The van der Waals surface area contributed by atoms with Crippen LogP contribution < -0.4 is 0 Å². The lowest BCUT2D eigenvalue weighted by molar-refractivity contribution is 0.959. The molecule has 1 heterocycles. The third-order valence-corrected chi connectivity index (χ3v) is 2.01. The highest BCUT2D eigenvalue weighted by Gasteiger charge is 2.02. The molecule has 2 heteroatoms. The molecule has 0 saturated heterocycles. The van der Waals surface area contributed by atoms with Crippen molar-refractivity contribution in [3.63, 3.8) is 0 Å². The minimum absolute atomic E-state index is 1.11. The topological polar surface area (TPSA) is 25.8 Å². The fourth-order valence-corrected chi connectivity index (χ4v) is 1.39. The van der Waals surface area contributed by atoms with E-state index in [1.165, 1.54) is 11.1 Å². The maximum Gasteiger partial charge on any atom is 0.115 e. The van der Waals surface area contributed by atoms with Crippen LogP contribution in [0.5, 0.6) is 0 Å². The lowest BCUT2D eigenvalue weighted by Gasteiger charge is -2.07. The number of nitrogens with zero attached hydrogens (tertiary/aromatic N) is 2. The predicted molar refractivity (Wildman–Crippen MR) is 55.2 cm³/mol. The minimum Gasteiger partial charge on any atom is -0.244 e. The maximum absolute atomic E-state index is 4.02. The second-order valence-corrected chi connectivity index (χ2v) is 3.36. The summed E-state index contributed by atoms with van der Waals surface area (Å²) in [5, 5.41) is 0. The molecule has 0 saturated carbocycles. The van der Waals surface area contributed by atoms with Crippen molar-refractivity contribution in [3.8, 4) is 0 Å². The lowest BCUT2D eigenvalue weighted by Crippen LogP contribution is -1.89. The van der Waals surface area contributed by atoms with Gasteiger partial charge in [0, 0.05) is 18.0 Å². The van der Waals surface area contributed by atoms with E-state index in [-0.39, 0.29) is 0 Å². The first-order valence-electron chi connectivity index (χ1n) is 4.67. The van der Waals surface area contributed by atoms with Gasteiger partial charge in [0.2, 0.25) is 0 Å². The predicted octanol–water partition coefficient (Wildman–Crippen LogP) is 3.07. The summed E-state index contributed by atoms with van der Waals surface area (Å²) in [6.07, 6.45) is 7.60. The van der Waals surface area contributed by atoms with E-state index < -0.39 is 0 Å². The van der Waals surface area contributed by atoms with E-state index >= 15 is 0 Å². The molecule has 1 rings (SSSR count). The van der Waals surface area contributed by atoms with E-state index in [2.05, 4.69) is 30.7 Å². The molecule has 0 aliphatic heterocycles. The highest BCUT2D eigenvalue weighted by atomic mass is 14.8. The molecule has 1 aromatic rings. The van der Waals surface area contributed by atoms with Crippen LogP contribution in [0.2, 0.25) is 0 Å². The van der Waals surface area contributed by atoms with Crippen molar-refractivity contribution < 1.29 is 0 Å². The van der Waals surface area contributed by atoms with E-state index in [0.29, 0.717) is 0 Å². The second kappa shape index (κ2) is 4.75. The molecule has 1 aromatic heterocycles. The van der Waals surface area contributed by atoms with Gasteiger partial charge in [-0.2, -0.15) is 0 Å². The van der Waals surface area contributed by atoms with Crippen molar-refractivity contribution in [2.75, 3.05) is 0 Å². The molecule has 13 heavy (non-hydrogen) atoms. The quantitative estimate of drug-likeness (QED) is 0.707. The Morgan fingerprint density at radius 3 is 2.31 bits per heavy atom. The molecule has 0 radical (unpaired) electrons. The van der Waals surface area contributed by atoms with Gasteiger partial charge >= 0.3 is 0 Å². The average Bonchev–Trinajstić information content (AvgIpc) is 2.15. The van der Waals surface area contributed by atoms with Gasteiger partial charge in [0.15, 0.2) is 0 Å². The van der Waals surface area contributed by atoms with Gasteiger partial charge in [0.05, 0.1) is 0 Å². The van der Waals surface area contributed by atoms with Gasteiger partial charge in [0.25, 0.3) is 0 Å². The highest BCUT2D eigenvalue weighted by Crippen LogP contribution is 2.21. The van der Waals surface area contributed by atoms with Gasteiger partial charge in [-0.05, 0) is 25.8 Å².